The van der Waals surface area contributed by atoms with E-state index in [1.54, 1.807) is 23.7 Å². The molecule has 2 rings (SSSR count). The van der Waals surface area contributed by atoms with Gasteiger partial charge in [0.25, 0.3) is 5.91 Å². The Labute approximate surface area is 163 Å². The van der Waals surface area contributed by atoms with Crippen LogP contribution in [-0.2, 0) is 6.61 Å². The van der Waals surface area contributed by atoms with Crippen molar-refractivity contribution in [2.24, 2.45) is 5.73 Å². The van der Waals surface area contributed by atoms with Crippen LogP contribution in [-0.4, -0.2) is 30.1 Å². The maximum absolute atomic E-state index is 12.1. The molecule has 9 heteroatoms. The second kappa shape index (κ2) is 10.5. The molecule has 0 spiro atoms. The number of hydrogen-bond donors (Lipinski definition) is 2. The maximum atomic E-state index is 12.1. The lowest BCUT2D eigenvalue weighted by atomic mass is 10.1. The molecular weight excluding hydrogens is 385 g/mol. The molecule has 3 N–H and O–H groups in total. The highest BCUT2D eigenvalue weighted by Crippen LogP contribution is 2.28. The number of carbonyl (C=O) groups excluding carboxylic acids is 1. The zero-order valence-corrected chi connectivity index (χ0v) is 16.7. The van der Waals surface area contributed by atoms with Crippen molar-refractivity contribution >= 4 is 42.1 Å². The number of nitrogens with zero attached hydrogens (tertiary/aromatic N) is 1. The number of amides is 1. The summed E-state index contributed by atoms with van der Waals surface area (Å²) in [6.45, 7) is 4.44. The summed E-state index contributed by atoms with van der Waals surface area (Å²) in [6, 6.07) is 5.06. The largest absolute Gasteiger partial charge is 0.493 e. The number of halogens is 2. The van der Waals surface area contributed by atoms with Gasteiger partial charge < -0.3 is 20.5 Å². The highest BCUT2D eigenvalue weighted by molar-refractivity contribution is 7.07. The van der Waals surface area contributed by atoms with Crippen molar-refractivity contribution in [3.8, 4) is 11.5 Å². The molecular formula is C16H23Cl2N3O3S. The van der Waals surface area contributed by atoms with Crippen LogP contribution in [0.25, 0.3) is 0 Å². The smallest absolute Gasteiger partial charge is 0.251 e. The van der Waals surface area contributed by atoms with E-state index in [0.717, 1.165) is 5.69 Å². The average molecular weight is 408 g/mol. The Balaban J connectivity index is 0.00000288. The van der Waals surface area contributed by atoms with Crippen LogP contribution in [0.1, 0.15) is 29.9 Å². The number of benzene rings is 1. The Morgan fingerprint density at radius 2 is 2.04 bits per heavy atom. The van der Waals surface area contributed by atoms with Crippen molar-refractivity contribution in [2.75, 3.05) is 13.7 Å². The quantitative estimate of drug-likeness (QED) is 0.736. The first-order valence-corrected chi connectivity index (χ1v) is 8.08. The van der Waals surface area contributed by atoms with E-state index in [-0.39, 0.29) is 30.7 Å². The van der Waals surface area contributed by atoms with Crippen molar-refractivity contribution in [2.45, 2.75) is 26.0 Å². The average Bonchev–Trinajstić information content (AvgIpc) is 3.03. The summed E-state index contributed by atoms with van der Waals surface area (Å²) in [5.41, 5.74) is 8.50. The molecule has 0 fully saturated rings. The monoisotopic (exact) mass is 407 g/mol. The first-order valence-electron chi connectivity index (χ1n) is 7.14. The van der Waals surface area contributed by atoms with Crippen LogP contribution in [0, 0.1) is 0 Å². The van der Waals surface area contributed by atoms with Crippen LogP contribution >= 0.6 is 36.2 Å². The highest BCUT2D eigenvalue weighted by Gasteiger charge is 2.15. The molecule has 0 unspecified atom stereocenters. The summed E-state index contributed by atoms with van der Waals surface area (Å²) >= 11 is 1.51. The van der Waals surface area contributed by atoms with Crippen molar-refractivity contribution in [3.05, 3.63) is 40.3 Å². The Bertz CT molecular complexity index is 661. The van der Waals surface area contributed by atoms with Crippen molar-refractivity contribution in [1.29, 1.82) is 0 Å². The first kappa shape index (κ1) is 23.5. The normalized spacial score (nSPS) is 10.2. The van der Waals surface area contributed by atoms with Crippen LogP contribution in [0.3, 0.4) is 0 Å². The molecule has 1 heterocycles. The first-order chi connectivity index (χ1) is 10.9. The summed E-state index contributed by atoms with van der Waals surface area (Å²) in [4.78, 5) is 16.3. The van der Waals surface area contributed by atoms with Crippen molar-refractivity contribution in [1.82, 2.24) is 10.3 Å². The fraction of sp³-hybridized carbons (Fsp3) is 0.375. The summed E-state index contributed by atoms with van der Waals surface area (Å²) in [6.07, 6.45) is 0. The van der Waals surface area contributed by atoms with Gasteiger partial charge in [-0.15, -0.1) is 36.2 Å². The minimum Gasteiger partial charge on any atom is -0.493 e. The molecule has 0 aliphatic heterocycles. The molecule has 0 saturated carbocycles. The molecule has 1 aromatic carbocycles. The van der Waals surface area contributed by atoms with Gasteiger partial charge in [-0.1, -0.05) is 0 Å². The van der Waals surface area contributed by atoms with Gasteiger partial charge in [0.1, 0.15) is 6.61 Å². The van der Waals surface area contributed by atoms with E-state index in [1.165, 1.54) is 18.4 Å². The molecule has 1 aromatic heterocycles. The Hall–Kier alpha value is -1.54. The minimum atomic E-state index is -0.462. The number of rotatable bonds is 7. The molecule has 0 saturated heterocycles. The van der Waals surface area contributed by atoms with Crippen LogP contribution in [0.5, 0.6) is 11.5 Å². The summed E-state index contributed by atoms with van der Waals surface area (Å²) in [7, 11) is 1.54. The summed E-state index contributed by atoms with van der Waals surface area (Å²) in [5.74, 6) is 0.865. The van der Waals surface area contributed by atoms with E-state index in [4.69, 9.17) is 15.2 Å². The third kappa shape index (κ3) is 7.48. The van der Waals surface area contributed by atoms with Crippen LogP contribution in [0.4, 0.5) is 0 Å². The predicted molar refractivity (Wildman–Crippen MR) is 105 cm³/mol. The van der Waals surface area contributed by atoms with E-state index in [1.807, 2.05) is 19.2 Å². The van der Waals surface area contributed by atoms with Gasteiger partial charge in [-0.3, -0.25) is 4.79 Å². The SMILES string of the molecule is COc1cc(C(=O)NCC(C)(C)N)ccc1OCc1cscn1.Cl.Cl. The lowest BCUT2D eigenvalue weighted by molar-refractivity contribution is 0.0945. The Morgan fingerprint density at radius 1 is 1.32 bits per heavy atom. The third-order valence-electron chi connectivity index (χ3n) is 2.99. The second-order valence-corrected chi connectivity index (χ2v) is 6.52. The summed E-state index contributed by atoms with van der Waals surface area (Å²) in [5, 5.41) is 4.71. The molecule has 2 aromatic rings. The van der Waals surface area contributed by atoms with Gasteiger partial charge in [-0.25, -0.2) is 4.98 Å². The lowest BCUT2D eigenvalue weighted by Crippen LogP contribution is -2.45. The number of aromatic nitrogens is 1. The predicted octanol–water partition coefficient (Wildman–Crippen LogP) is 3.04. The number of nitrogens with two attached hydrogens (primary N) is 1. The van der Waals surface area contributed by atoms with E-state index in [0.29, 0.717) is 30.2 Å². The molecule has 6 nitrogen and oxygen atoms in total. The number of hydrogen-bond acceptors (Lipinski definition) is 6. The third-order valence-corrected chi connectivity index (χ3v) is 3.62. The summed E-state index contributed by atoms with van der Waals surface area (Å²) < 4.78 is 11.0. The molecule has 1 amide bonds. The van der Waals surface area contributed by atoms with Crippen LogP contribution in [0.15, 0.2) is 29.1 Å². The molecule has 0 atom stereocenters. The van der Waals surface area contributed by atoms with Crippen molar-refractivity contribution < 1.29 is 14.3 Å². The number of methoxy groups -OCH3 is 1. The fourth-order valence-corrected chi connectivity index (χ4v) is 2.34. The molecule has 0 aliphatic rings. The fourth-order valence-electron chi connectivity index (χ4n) is 1.80. The van der Waals surface area contributed by atoms with Gasteiger partial charge in [0.2, 0.25) is 0 Å². The van der Waals surface area contributed by atoms with Gasteiger partial charge in [-0.2, -0.15) is 0 Å². The zero-order chi connectivity index (χ0) is 16.9. The topological polar surface area (TPSA) is 86.5 Å². The highest BCUT2D eigenvalue weighted by atomic mass is 35.5. The van der Waals surface area contributed by atoms with Gasteiger partial charge in [0.05, 0.1) is 18.3 Å². The molecule has 140 valence electrons. The van der Waals surface area contributed by atoms with Crippen LogP contribution < -0.4 is 20.5 Å². The standard InChI is InChI=1S/C16H21N3O3S.2ClH/c1-16(2,17)9-18-15(20)11-4-5-13(14(6-11)21-3)22-7-12-8-23-10-19-12;;/h4-6,8,10H,7,9,17H2,1-3H3,(H,18,20);2*1H. The molecule has 0 bridgehead atoms. The molecule has 25 heavy (non-hydrogen) atoms. The number of carbonyl (C=O) groups is 1. The number of thiazole rings is 1. The molecule has 0 radical (unpaired) electrons. The van der Waals surface area contributed by atoms with E-state index >= 15 is 0 Å². The number of ether oxygens (including phenoxy) is 2. The number of nitrogens with one attached hydrogen (secondary N) is 1. The minimum absolute atomic E-state index is 0. The van der Waals surface area contributed by atoms with Gasteiger partial charge >= 0.3 is 0 Å². The maximum Gasteiger partial charge on any atom is 0.251 e. The van der Waals surface area contributed by atoms with Gasteiger partial charge in [-0.05, 0) is 32.0 Å². The Kier molecular flexibility index (Phi) is 9.81. The van der Waals surface area contributed by atoms with E-state index in [2.05, 4.69) is 10.3 Å². The van der Waals surface area contributed by atoms with E-state index < -0.39 is 5.54 Å². The van der Waals surface area contributed by atoms with Gasteiger partial charge in [0.15, 0.2) is 11.5 Å². The van der Waals surface area contributed by atoms with Crippen LogP contribution in [0.2, 0.25) is 0 Å². The van der Waals surface area contributed by atoms with E-state index in [9.17, 15) is 4.79 Å². The van der Waals surface area contributed by atoms with Gasteiger partial charge in [0, 0.05) is 23.0 Å². The zero-order valence-electron chi connectivity index (χ0n) is 14.3. The second-order valence-electron chi connectivity index (χ2n) is 5.81. The van der Waals surface area contributed by atoms with Crippen molar-refractivity contribution in [3.63, 3.8) is 0 Å². The molecule has 0 aliphatic carbocycles. The Morgan fingerprint density at radius 3 is 2.60 bits per heavy atom. The lowest BCUT2D eigenvalue weighted by Gasteiger charge is -2.19.